The largest absolute Gasteiger partial charge is 0.493 e. The van der Waals surface area contributed by atoms with Crippen LogP contribution in [0.5, 0.6) is 5.75 Å². The van der Waals surface area contributed by atoms with Crippen molar-refractivity contribution in [1.29, 1.82) is 0 Å². The smallest absolute Gasteiger partial charge is 0.127 e. The van der Waals surface area contributed by atoms with Crippen LogP contribution in [0.25, 0.3) is 0 Å². The summed E-state index contributed by atoms with van der Waals surface area (Å²) < 4.78 is 5.79. The van der Waals surface area contributed by atoms with E-state index in [0.717, 1.165) is 29.5 Å². The molecule has 1 aliphatic carbocycles. The van der Waals surface area contributed by atoms with Crippen LogP contribution in [0, 0.1) is 19.8 Å². The second-order valence-electron chi connectivity index (χ2n) is 4.18. The number of hydrogen-bond acceptors (Lipinski definition) is 2. The Morgan fingerprint density at radius 2 is 2.07 bits per heavy atom. The predicted octanol–water partition coefficient (Wildman–Crippen LogP) is 2.67. The molecule has 0 saturated heterocycles. The Bertz CT molecular complexity index is 342. The molecule has 0 unspecified atom stereocenters. The minimum atomic E-state index is 0.787. The van der Waals surface area contributed by atoms with Gasteiger partial charge in [0.1, 0.15) is 5.75 Å². The van der Waals surface area contributed by atoms with E-state index in [2.05, 4.69) is 6.92 Å². The summed E-state index contributed by atoms with van der Waals surface area (Å²) in [6.45, 7) is 4.93. The maximum absolute atomic E-state index is 5.83. The molecule has 0 radical (unpaired) electrons. The first kappa shape index (κ1) is 9.38. The molecular weight excluding hydrogens is 174 g/mol. The van der Waals surface area contributed by atoms with Gasteiger partial charge in [0.2, 0.25) is 0 Å². The van der Waals surface area contributed by atoms with Crippen LogP contribution in [0.4, 0.5) is 5.69 Å². The lowest BCUT2D eigenvalue weighted by molar-refractivity contribution is 0.296. The molecule has 2 rings (SSSR count). The number of anilines is 1. The van der Waals surface area contributed by atoms with Crippen LogP contribution < -0.4 is 10.5 Å². The third-order valence-corrected chi connectivity index (χ3v) is 2.80. The second-order valence-corrected chi connectivity index (χ2v) is 4.18. The van der Waals surface area contributed by atoms with Crippen molar-refractivity contribution >= 4 is 5.69 Å². The highest BCUT2D eigenvalue weighted by Gasteiger charge is 2.22. The van der Waals surface area contributed by atoms with Crippen molar-refractivity contribution in [2.24, 2.45) is 5.92 Å². The lowest BCUT2D eigenvalue weighted by Gasteiger charge is -2.13. The Morgan fingerprint density at radius 3 is 2.71 bits per heavy atom. The summed E-state index contributed by atoms with van der Waals surface area (Å²) >= 11 is 0. The summed E-state index contributed by atoms with van der Waals surface area (Å²) in [5.74, 6) is 1.77. The van der Waals surface area contributed by atoms with E-state index in [1.807, 2.05) is 19.1 Å². The van der Waals surface area contributed by atoms with Crippen LogP contribution in [0.2, 0.25) is 0 Å². The molecule has 2 nitrogen and oxygen atoms in total. The van der Waals surface area contributed by atoms with Crippen molar-refractivity contribution in [2.75, 3.05) is 12.3 Å². The molecule has 1 aromatic rings. The van der Waals surface area contributed by atoms with Gasteiger partial charge in [-0.2, -0.15) is 0 Å². The number of hydrogen-bond donors (Lipinski definition) is 1. The van der Waals surface area contributed by atoms with Crippen LogP contribution in [-0.2, 0) is 0 Å². The summed E-state index contributed by atoms with van der Waals surface area (Å²) in [6, 6.07) is 3.96. The number of rotatable bonds is 3. The van der Waals surface area contributed by atoms with Gasteiger partial charge >= 0.3 is 0 Å². The molecule has 76 valence electrons. The van der Waals surface area contributed by atoms with Crippen molar-refractivity contribution in [2.45, 2.75) is 26.7 Å². The number of aryl methyl sites for hydroxylation is 1. The van der Waals surface area contributed by atoms with Crippen molar-refractivity contribution in [1.82, 2.24) is 0 Å². The van der Waals surface area contributed by atoms with Crippen molar-refractivity contribution < 1.29 is 4.74 Å². The summed E-state index contributed by atoms with van der Waals surface area (Å²) in [4.78, 5) is 0. The molecule has 2 heteroatoms. The van der Waals surface area contributed by atoms with Crippen LogP contribution >= 0.6 is 0 Å². The second kappa shape index (κ2) is 3.52. The predicted molar refractivity (Wildman–Crippen MR) is 58.5 cm³/mol. The van der Waals surface area contributed by atoms with Crippen LogP contribution in [0.1, 0.15) is 24.0 Å². The maximum Gasteiger partial charge on any atom is 0.127 e. The van der Waals surface area contributed by atoms with E-state index in [1.54, 1.807) is 0 Å². The molecule has 1 aromatic carbocycles. The summed E-state index contributed by atoms with van der Waals surface area (Å²) in [5, 5.41) is 0. The minimum absolute atomic E-state index is 0.787. The Hall–Kier alpha value is -1.18. The van der Waals surface area contributed by atoms with Crippen molar-refractivity contribution in [3.8, 4) is 5.75 Å². The molecule has 0 atom stereocenters. The standard InChI is InChI=1S/C12H17NO/c1-8-3-6-11(13)9(2)12(8)14-7-10-4-5-10/h3,6,10H,4-5,7,13H2,1-2H3. The molecule has 0 heterocycles. The lowest BCUT2D eigenvalue weighted by atomic mass is 10.1. The molecule has 1 fully saturated rings. The van der Waals surface area contributed by atoms with E-state index in [1.165, 1.54) is 18.4 Å². The average molecular weight is 191 g/mol. The molecule has 0 aliphatic heterocycles. The lowest BCUT2D eigenvalue weighted by Crippen LogP contribution is -2.03. The van der Waals surface area contributed by atoms with E-state index >= 15 is 0 Å². The molecule has 2 N–H and O–H groups in total. The Labute approximate surface area is 85.1 Å². The zero-order valence-electron chi connectivity index (χ0n) is 8.84. The number of nitrogens with two attached hydrogens (primary N) is 1. The summed E-state index contributed by atoms with van der Waals surface area (Å²) in [6.07, 6.45) is 2.64. The van der Waals surface area contributed by atoms with Crippen LogP contribution in [-0.4, -0.2) is 6.61 Å². The summed E-state index contributed by atoms with van der Waals surface area (Å²) in [5.41, 5.74) is 8.91. The normalized spacial score (nSPS) is 15.6. The molecular formula is C12H17NO. The first-order valence-corrected chi connectivity index (χ1v) is 5.17. The molecule has 0 spiro atoms. The fourth-order valence-electron chi connectivity index (χ4n) is 1.55. The molecule has 1 aliphatic rings. The van der Waals surface area contributed by atoms with Gasteiger partial charge in [0.25, 0.3) is 0 Å². The fraction of sp³-hybridized carbons (Fsp3) is 0.500. The first-order chi connectivity index (χ1) is 6.68. The Balaban J connectivity index is 2.16. The maximum atomic E-state index is 5.83. The third kappa shape index (κ3) is 1.84. The highest BCUT2D eigenvalue weighted by atomic mass is 16.5. The zero-order chi connectivity index (χ0) is 10.1. The number of nitrogen functional groups attached to an aromatic ring is 1. The molecule has 0 amide bonds. The minimum Gasteiger partial charge on any atom is -0.493 e. The van der Waals surface area contributed by atoms with Crippen molar-refractivity contribution in [3.63, 3.8) is 0 Å². The van der Waals surface area contributed by atoms with Crippen molar-refractivity contribution in [3.05, 3.63) is 23.3 Å². The summed E-state index contributed by atoms with van der Waals surface area (Å²) in [7, 11) is 0. The van der Waals surface area contributed by atoms with Gasteiger partial charge in [-0.1, -0.05) is 6.07 Å². The van der Waals surface area contributed by atoms with Gasteiger partial charge in [-0.15, -0.1) is 0 Å². The highest BCUT2D eigenvalue weighted by Crippen LogP contribution is 2.32. The number of benzene rings is 1. The first-order valence-electron chi connectivity index (χ1n) is 5.17. The van der Waals surface area contributed by atoms with Gasteiger partial charge in [-0.05, 0) is 44.2 Å². The van der Waals surface area contributed by atoms with Gasteiger partial charge in [0.15, 0.2) is 0 Å². The Kier molecular flexibility index (Phi) is 2.36. The van der Waals surface area contributed by atoms with Gasteiger partial charge in [-0.25, -0.2) is 0 Å². The molecule has 0 aromatic heterocycles. The van der Waals surface area contributed by atoms with E-state index in [4.69, 9.17) is 10.5 Å². The van der Waals surface area contributed by atoms with Crippen LogP contribution in [0.15, 0.2) is 12.1 Å². The monoisotopic (exact) mass is 191 g/mol. The van der Waals surface area contributed by atoms with Gasteiger partial charge in [0.05, 0.1) is 6.61 Å². The van der Waals surface area contributed by atoms with Gasteiger partial charge < -0.3 is 10.5 Å². The SMILES string of the molecule is Cc1ccc(N)c(C)c1OCC1CC1. The van der Waals surface area contributed by atoms with E-state index < -0.39 is 0 Å². The van der Waals surface area contributed by atoms with Crippen LogP contribution in [0.3, 0.4) is 0 Å². The Morgan fingerprint density at radius 1 is 1.36 bits per heavy atom. The third-order valence-electron chi connectivity index (χ3n) is 2.80. The zero-order valence-corrected chi connectivity index (χ0v) is 8.84. The molecule has 1 saturated carbocycles. The highest BCUT2D eigenvalue weighted by molar-refractivity contribution is 5.56. The molecule has 14 heavy (non-hydrogen) atoms. The number of ether oxygens (including phenoxy) is 1. The van der Waals surface area contributed by atoms with E-state index in [0.29, 0.717) is 0 Å². The fourth-order valence-corrected chi connectivity index (χ4v) is 1.55. The van der Waals surface area contributed by atoms with Gasteiger partial charge in [0, 0.05) is 11.3 Å². The van der Waals surface area contributed by atoms with Gasteiger partial charge in [-0.3, -0.25) is 0 Å². The topological polar surface area (TPSA) is 35.2 Å². The average Bonchev–Trinajstić information content (AvgIpc) is 2.95. The molecule has 0 bridgehead atoms. The quantitative estimate of drug-likeness (QED) is 0.745. The van der Waals surface area contributed by atoms with E-state index in [9.17, 15) is 0 Å². The van der Waals surface area contributed by atoms with E-state index in [-0.39, 0.29) is 0 Å².